The number of sulfone groups is 1. The molecule has 0 fully saturated rings. The summed E-state index contributed by atoms with van der Waals surface area (Å²) < 4.78 is 21.9. The average molecular weight is 202 g/mol. The van der Waals surface area contributed by atoms with Gasteiger partial charge in [0.1, 0.15) is 0 Å². The van der Waals surface area contributed by atoms with Crippen LogP contribution in [0.3, 0.4) is 0 Å². The molecule has 0 atom stereocenters. The van der Waals surface area contributed by atoms with Gasteiger partial charge in [-0.1, -0.05) is 13.8 Å². The molecule has 0 aliphatic heterocycles. The highest BCUT2D eigenvalue weighted by Gasteiger charge is 2.09. The zero-order valence-electron chi connectivity index (χ0n) is 8.03. The Morgan fingerprint density at radius 1 is 1.54 bits per heavy atom. The van der Waals surface area contributed by atoms with Crippen LogP contribution in [0.5, 0.6) is 0 Å². The Bertz CT molecular complexity index is 379. The maximum absolute atomic E-state index is 10.9. The number of nitrogens with zero attached hydrogens (tertiary/aromatic N) is 1. The first kappa shape index (κ1) is 10.2. The van der Waals surface area contributed by atoms with Gasteiger partial charge in [0.25, 0.3) is 0 Å². The largest absolute Gasteiger partial charge is 0.281 e. The van der Waals surface area contributed by atoms with E-state index in [9.17, 15) is 8.42 Å². The summed E-state index contributed by atoms with van der Waals surface area (Å²) in [4.78, 5) is 0. The van der Waals surface area contributed by atoms with E-state index < -0.39 is 9.84 Å². The van der Waals surface area contributed by atoms with Crippen molar-refractivity contribution in [1.82, 2.24) is 10.2 Å². The van der Waals surface area contributed by atoms with E-state index in [2.05, 4.69) is 10.2 Å². The van der Waals surface area contributed by atoms with Gasteiger partial charge in [0.05, 0.1) is 17.1 Å². The van der Waals surface area contributed by atoms with E-state index in [0.29, 0.717) is 11.6 Å². The van der Waals surface area contributed by atoms with E-state index in [1.54, 1.807) is 6.07 Å². The van der Waals surface area contributed by atoms with Crippen molar-refractivity contribution in [3.8, 4) is 0 Å². The summed E-state index contributed by atoms with van der Waals surface area (Å²) in [5.41, 5.74) is 1.56. The van der Waals surface area contributed by atoms with Crippen LogP contribution >= 0.6 is 0 Å². The van der Waals surface area contributed by atoms with Gasteiger partial charge < -0.3 is 0 Å². The quantitative estimate of drug-likeness (QED) is 0.797. The molecule has 1 N–H and O–H groups in total. The molecule has 0 spiro atoms. The minimum Gasteiger partial charge on any atom is -0.281 e. The topological polar surface area (TPSA) is 62.8 Å². The average Bonchev–Trinajstić information content (AvgIpc) is 2.31. The van der Waals surface area contributed by atoms with Crippen molar-refractivity contribution < 1.29 is 8.42 Å². The number of aromatic amines is 1. The minimum absolute atomic E-state index is 0.0344. The van der Waals surface area contributed by atoms with Crippen molar-refractivity contribution in [2.45, 2.75) is 25.5 Å². The van der Waals surface area contributed by atoms with Crippen molar-refractivity contribution in [2.24, 2.45) is 0 Å². The summed E-state index contributed by atoms with van der Waals surface area (Å²) in [5, 5.41) is 6.72. The van der Waals surface area contributed by atoms with Crippen LogP contribution in [-0.2, 0) is 15.6 Å². The molecular formula is C8H14N2O2S. The Morgan fingerprint density at radius 2 is 2.15 bits per heavy atom. The van der Waals surface area contributed by atoms with Crippen molar-refractivity contribution in [1.29, 1.82) is 0 Å². The lowest BCUT2D eigenvalue weighted by molar-refractivity contribution is 0.600. The van der Waals surface area contributed by atoms with Crippen molar-refractivity contribution in [3.05, 3.63) is 17.5 Å². The number of hydrogen-bond acceptors (Lipinski definition) is 3. The van der Waals surface area contributed by atoms with E-state index in [-0.39, 0.29) is 5.75 Å². The van der Waals surface area contributed by atoms with Gasteiger partial charge in [-0.2, -0.15) is 5.10 Å². The molecule has 13 heavy (non-hydrogen) atoms. The third-order valence-electron chi connectivity index (χ3n) is 1.66. The van der Waals surface area contributed by atoms with Crippen molar-refractivity contribution in [2.75, 3.05) is 6.26 Å². The fourth-order valence-electron chi connectivity index (χ4n) is 1.03. The van der Waals surface area contributed by atoms with Crippen LogP contribution in [0, 0.1) is 0 Å². The van der Waals surface area contributed by atoms with E-state index >= 15 is 0 Å². The van der Waals surface area contributed by atoms with Gasteiger partial charge in [-0.15, -0.1) is 0 Å². The Labute approximate surface area is 78.3 Å². The second-order valence-corrected chi connectivity index (χ2v) is 5.68. The summed E-state index contributed by atoms with van der Waals surface area (Å²) in [6, 6.07) is 1.80. The summed E-state index contributed by atoms with van der Waals surface area (Å²) in [7, 11) is -2.96. The predicted octanol–water partition coefficient (Wildman–Crippen LogP) is 1.08. The fourth-order valence-corrected chi connectivity index (χ4v) is 1.74. The number of rotatable bonds is 3. The van der Waals surface area contributed by atoms with Crippen LogP contribution in [0.2, 0.25) is 0 Å². The molecule has 0 aliphatic rings. The molecule has 0 saturated carbocycles. The first-order valence-electron chi connectivity index (χ1n) is 4.10. The summed E-state index contributed by atoms with van der Waals surface area (Å²) >= 11 is 0. The molecule has 0 radical (unpaired) electrons. The van der Waals surface area contributed by atoms with Crippen LogP contribution in [0.15, 0.2) is 6.07 Å². The van der Waals surface area contributed by atoms with Gasteiger partial charge in [-0.25, -0.2) is 8.42 Å². The molecule has 0 aliphatic carbocycles. The van der Waals surface area contributed by atoms with Crippen LogP contribution < -0.4 is 0 Å². The maximum atomic E-state index is 10.9. The number of hydrogen-bond donors (Lipinski definition) is 1. The van der Waals surface area contributed by atoms with Gasteiger partial charge in [0.15, 0.2) is 9.84 Å². The van der Waals surface area contributed by atoms with E-state index in [4.69, 9.17) is 0 Å². The first-order chi connectivity index (χ1) is 5.88. The van der Waals surface area contributed by atoms with Gasteiger partial charge in [0, 0.05) is 6.26 Å². The Kier molecular flexibility index (Phi) is 2.75. The van der Waals surface area contributed by atoms with Gasteiger partial charge in [0.2, 0.25) is 0 Å². The predicted molar refractivity (Wildman–Crippen MR) is 51.2 cm³/mol. The summed E-state index contributed by atoms with van der Waals surface area (Å²) in [6.07, 6.45) is 1.21. The summed E-state index contributed by atoms with van der Waals surface area (Å²) in [6.45, 7) is 4.03. The molecule has 0 aromatic carbocycles. The molecule has 1 aromatic rings. The molecule has 1 rings (SSSR count). The van der Waals surface area contributed by atoms with Crippen LogP contribution in [0.25, 0.3) is 0 Å². The lowest BCUT2D eigenvalue weighted by Crippen LogP contribution is -2.00. The highest BCUT2D eigenvalue weighted by molar-refractivity contribution is 7.89. The van der Waals surface area contributed by atoms with E-state index in [1.165, 1.54) is 6.26 Å². The van der Waals surface area contributed by atoms with Gasteiger partial charge in [-0.05, 0) is 12.0 Å². The Hall–Kier alpha value is -0.840. The monoisotopic (exact) mass is 202 g/mol. The first-order valence-corrected chi connectivity index (χ1v) is 6.16. The van der Waals surface area contributed by atoms with Crippen molar-refractivity contribution >= 4 is 9.84 Å². The standard InChI is InChI=1S/C8H14N2O2S/c1-6(2)8-4-7(9-10-8)5-13(3,11)12/h4,6H,5H2,1-3H3,(H,9,10). The highest BCUT2D eigenvalue weighted by Crippen LogP contribution is 2.12. The smallest absolute Gasteiger partial charge is 0.153 e. The number of aromatic nitrogens is 2. The molecule has 4 nitrogen and oxygen atoms in total. The van der Waals surface area contributed by atoms with Gasteiger partial charge in [-0.3, -0.25) is 5.10 Å². The molecule has 1 heterocycles. The van der Waals surface area contributed by atoms with E-state index in [0.717, 1.165) is 5.69 Å². The molecule has 5 heteroatoms. The molecule has 0 amide bonds. The van der Waals surface area contributed by atoms with Crippen LogP contribution in [0.4, 0.5) is 0 Å². The lowest BCUT2D eigenvalue weighted by Gasteiger charge is -1.95. The molecule has 0 saturated heterocycles. The van der Waals surface area contributed by atoms with Gasteiger partial charge >= 0.3 is 0 Å². The SMILES string of the molecule is CC(C)c1cc(CS(C)(=O)=O)[nH]n1. The minimum atomic E-state index is -2.96. The second-order valence-electron chi connectivity index (χ2n) is 3.54. The number of H-pyrrole nitrogens is 1. The number of nitrogens with one attached hydrogen (secondary N) is 1. The third-order valence-corrected chi connectivity index (χ3v) is 2.50. The molecule has 1 aromatic heterocycles. The third kappa shape index (κ3) is 3.18. The highest BCUT2D eigenvalue weighted by atomic mass is 32.2. The second kappa shape index (κ2) is 3.49. The molecular weight excluding hydrogens is 188 g/mol. The van der Waals surface area contributed by atoms with Crippen molar-refractivity contribution in [3.63, 3.8) is 0 Å². The molecule has 74 valence electrons. The lowest BCUT2D eigenvalue weighted by atomic mass is 10.1. The maximum Gasteiger partial charge on any atom is 0.153 e. The zero-order chi connectivity index (χ0) is 10.1. The zero-order valence-corrected chi connectivity index (χ0v) is 8.85. The molecule has 0 unspecified atom stereocenters. The molecule has 0 bridgehead atoms. The Morgan fingerprint density at radius 3 is 2.54 bits per heavy atom. The van der Waals surface area contributed by atoms with Crippen LogP contribution in [0.1, 0.15) is 31.2 Å². The summed E-state index contributed by atoms with van der Waals surface area (Å²) in [5.74, 6) is 0.358. The Balaban J connectivity index is 2.81. The van der Waals surface area contributed by atoms with E-state index in [1.807, 2.05) is 13.8 Å². The fraction of sp³-hybridized carbons (Fsp3) is 0.625. The van der Waals surface area contributed by atoms with Crippen LogP contribution in [-0.4, -0.2) is 24.9 Å². The normalized spacial score (nSPS) is 12.3.